The van der Waals surface area contributed by atoms with Crippen molar-refractivity contribution >= 4 is 0 Å². The Morgan fingerprint density at radius 3 is 2.50 bits per heavy atom. The monoisotopic (exact) mass is 164 g/mol. The van der Waals surface area contributed by atoms with Crippen LogP contribution in [0, 0.1) is 5.92 Å². The molecule has 1 aromatic rings. The van der Waals surface area contributed by atoms with E-state index in [-0.39, 0.29) is 0 Å². The highest BCUT2D eigenvalue weighted by molar-refractivity contribution is 5.31. The number of aromatic hydroxyl groups is 1. The van der Waals surface area contributed by atoms with Crippen LogP contribution >= 0.6 is 0 Å². The maximum Gasteiger partial charge on any atom is 0.118 e. The lowest BCUT2D eigenvalue weighted by atomic mass is 10.0. The molecular formula is C11H16O. The summed E-state index contributed by atoms with van der Waals surface area (Å²) in [5.41, 5.74) is 1.06. The Labute approximate surface area is 74.1 Å². The zero-order valence-corrected chi connectivity index (χ0v) is 7.75. The average molecular weight is 164 g/mol. The van der Waals surface area contributed by atoms with Crippen molar-refractivity contribution < 1.29 is 5.11 Å². The van der Waals surface area contributed by atoms with Crippen LogP contribution in [-0.2, 0) is 6.42 Å². The van der Waals surface area contributed by atoms with E-state index in [9.17, 15) is 5.11 Å². The van der Waals surface area contributed by atoms with Gasteiger partial charge in [0.2, 0.25) is 0 Å². The summed E-state index contributed by atoms with van der Waals surface area (Å²) in [5.74, 6) is 1.13. The normalized spacial score (nSPS) is 10.6. The Morgan fingerprint density at radius 2 is 1.92 bits per heavy atom. The van der Waals surface area contributed by atoms with Crippen LogP contribution in [0.4, 0.5) is 0 Å². The van der Waals surface area contributed by atoms with Crippen LogP contribution in [0.5, 0.6) is 5.75 Å². The quantitative estimate of drug-likeness (QED) is 0.728. The SMILES string of the molecule is CC(C)CCc1ccccc1O. The molecule has 1 N–H and O–H groups in total. The second kappa shape index (κ2) is 4.15. The number of para-hydroxylation sites is 1. The first-order valence-corrected chi connectivity index (χ1v) is 4.47. The van der Waals surface area contributed by atoms with Gasteiger partial charge in [0.15, 0.2) is 0 Å². The third-order valence-corrected chi connectivity index (χ3v) is 1.98. The summed E-state index contributed by atoms with van der Waals surface area (Å²) in [7, 11) is 0. The molecule has 0 saturated heterocycles. The van der Waals surface area contributed by atoms with E-state index in [1.54, 1.807) is 6.07 Å². The second-order valence-electron chi connectivity index (χ2n) is 3.56. The Hall–Kier alpha value is -0.980. The Morgan fingerprint density at radius 1 is 1.25 bits per heavy atom. The van der Waals surface area contributed by atoms with Crippen LogP contribution in [-0.4, -0.2) is 5.11 Å². The van der Waals surface area contributed by atoms with Crippen LogP contribution in [0.25, 0.3) is 0 Å². The van der Waals surface area contributed by atoms with Gasteiger partial charge in [-0.15, -0.1) is 0 Å². The molecule has 0 atom stereocenters. The summed E-state index contributed by atoms with van der Waals surface area (Å²) < 4.78 is 0. The number of hydrogen-bond donors (Lipinski definition) is 1. The first kappa shape index (κ1) is 9.11. The number of aryl methyl sites for hydroxylation is 1. The molecule has 0 radical (unpaired) electrons. The molecule has 0 amide bonds. The van der Waals surface area contributed by atoms with Gasteiger partial charge < -0.3 is 5.11 Å². The maximum absolute atomic E-state index is 9.42. The minimum atomic E-state index is 0.429. The molecule has 1 nitrogen and oxygen atoms in total. The minimum absolute atomic E-state index is 0.429. The van der Waals surface area contributed by atoms with Crippen LogP contribution in [0.1, 0.15) is 25.8 Å². The molecule has 0 unspecified atom stereocenters. The summed E-state index contributed by atoms with van der Waals surface area (Å²) >= 11 is 0. The van der Waals surface area contributed by atoms with Crippen molar-refractivity contribution in [2.45, 2.75) is 26.7 Å². The van der Waals surface area contributed by atoms with Gasteiger partial charge in [-0.1, -0.05) is 32.0 Å². The van der Waals surface area contributed by atoms with Gasteiger partial charge in [0.05, 0.1) is 0 Å². The molecule has 0 heterocycles. The fourth-order valence-electron chi connectivity index (χ4n) is 1.17. The van der Waals surface area contributed by atoms with Gasteiger partial charge in [0.25, 0.3) is 0 Å². The highest BCUT2D eigenvalue weighted by Gasteiger charge is 2.00. The molecule has 66 valence electrons. The molecule has 0 aliphatic rings. The lowest BCUT2D eigenvalue weighted by Crippen LogP contribution is -1.91. The van der Waals surface area contributed by atoms with E-state index in [4.69, 9.17) is 0 Å². The molecule has 0 bridgehead atoms. The fourth-order valence-corrected chi connectivity index (χ4v) is 1.17. The summed E-state index contributed by atoms with van der Waals surface area (Å²) in [6, 6.07) is 7.55. The van der Waals surface area contributed by atoms with Crippen molar-refractivity contribution in [2.24, 2.45) is 5.92 Å². The van der Waals surface area contributed by atoms with E-state index in [2.05, 4.69) is 13.8 Å². The van der Waals surface area contributed by atoms with Gasteiger partial charge in [-0.2, -0.15) is 0 Å². The molecule has 0 aliphatic carbocycles. The molecule has 1 rings (SSSR count). The van der Waals surface area contributed by atoms with Gasteiger partial charge in [-0.05, 0) is 30.4 Å². The lowest BCUT2D eigenvalue weighted by Gasteiger charge is -2.05. The molecule has 1 aromatic carbocycles. The Kier molecular flexibility index (Phi) is 3.15. The highest BCUT2D eigenvalue weighted by Crippen LogP contribution is 2.18. The number of phenolic OH excluding ortho intramolecular Hbond substituents is 1. The maximum atomic E-state index is 9.42. The van der Waals surface area contributed by atoms with Crippen molar-refractivity contribution in [1.29, 1.82) is 0 Å². The fraction of sp³-hybridized carbons (Fsp3) is 0.455. The van der Waals surface area contributed by atoms with Crippen LogP contribution < -0.4 is 0 Å². The van der Waals surface area contributed by atoms with Crippen molar-refractivity contribution in [3.63, 3.8) is 0 Å². The molecule has 0 fully saturated rings. The first-order chi connectivity index (χ1) is 5.70. The molecule has 0 aromatic heterocycles. The van der Waals surface area contributed by atoms with Crippen LogP contribution in [0.2, 0.25) is 0 Å². The van der Waals surface area contributed by atoms with Crippen molar-refractivity contribution in [3.05, 3.63) is 29.8 Å². The van der Waals surface area contributed by atoms with E-state index >= 15 is 0 Å². The van der Waals surface area contributed by atoms with Gasteiger partial charge >= 0.3 is 0 Å². The molecule has 12 heavy (non-hydrogen) atoms. The summed E-state index contributed by atoms with van der Waals surface area (Å²) in [4.78, 5) is 0. The number of benzene rings is 1. The second-order valence-corrected chi connectivity index (χ2v) is 3.56. The smallest absolute Gasteiger partial charge is 0.118 e. The highest BCUT2D eigenvalue weighted by atomic mass is 16.3. The van der Waals surface area contributed by atoms with Gasteiger partial charge in [-0.3, -0.25) is 0 Å². The molecule has 0 saturated carbocycles. The standard InChI is InChI=1S/C11H16O/c1-9(2)7-8-10-5-3-4-6-11(10)12/h3-6,9,12H,7-8H2,1-2H3. The van der Waals surface area contributed by atoms with E-state index in [0.717, 1.165) is 18.4 Å². The topological polar surface area (TPSA) is 20.2 Å². The van der Waals surface area contributed by atoms with E-state index < -0.39 is 0 Å². The van der Waals surface area contributed by atoms with E-state index in [1.807, 2.05) is 18.2 Å². The van der Waals surface area contributed by atoms with Crippen molar-refractivity contribution in [3.8, 4) is 5.75 Å². The van der Waals surface area contributed by atoms with E-state index in [0.29, 0.717) is 11.7 Å². The molecule has 0 aliphatic heterocycles. The van der Waals surface area contributed by atoms with Gasteiger partial charge in [0, 0.05) is 0 Å². The Balaban J connectivity index is 2.57. The first-order valence-electron chi connectivity index (χ1n) is 4.47. The summed E-state index contributed by atoms with van der Waals surface area (Å²) in [6.07, 6.45) is 2.11. The average Bonchev–Trinajstić information content (AvgIpc) is 2.03. The summed E-state index contributed by atoms with van der Waals surface area (Å²) in [5, 5.41) is 9.42. The third kappa shape index (κ3) is 2.57. The molecule has 0 spiro atoms. The number of rotatable bonds is 3. The number of hydrogen-bond acceptors (Lipinski definition) is 1. The van der Waals surface area contributed by atoms with Gasteiger partial charge in [-0.25, -0.2) is 0 Å². The lowest BCUT2D eigenvalue weighted by molar-refractivity contribution is 0.463. The van der Waals surface area contributed by atoms with Crippen LogP contribution in [0.15, 0.2) is 24.3 Å². The predicted octanol–water partition coefficient (Wildman–Crippen LogP) is 2.98. The minimum Gasteiger partial charge on any atom is -0.508 e. The molecule has 1 heteroatoms. The third-order valence-electron chi connectivity index (χ3n) is 1.98. The zero-order chi connectivity index (χ0) is 8.97. The van der Waals surface area contributed by atoms with Gasteiger partial charge in [0.1, 0.15) is 5.75 Å². The largest absolute Gasteiger partial charge is 0.508 e. The number of phenols is 1. The Bertz CT molecular complexity index is 241. The van der Waals surface area contributed by atoms with Crippen molar-refractivity contribution in [1.82, 2.24) is 0 Å². The predicted molar refractivity (Wildman–Crippen MR) is 51.3 cm³/mol. The van der Waals surface area contributed by atoms with Crippen molar-refractivity contribution in [2.75, 3.05) is 0 Å². The van der Waals surface area contributed by atoms with Crippen LogP contribution in [0.3, 0.4) is 0 Å². The zero-order valence-electron chi connectivity index (χ0n) is 7.75. The summed E-state index contributed by atoms with van der Waals surface area (Å²) in [6.45, 7) is 4.39. The molecular weight excluding hydrogens is 148 g/mol. The van der Waals surface area contributed by atoms with E-state index in [1.165, 1.54) is 0 Å².